The highest BCUT2D eigenvalue weighted by molar-refractivity contribution is 5.74. The van der Waals surface area contributed by atoms with Gasteiger partial charge in [-0.1, -0.05) is 29.8 Å². The van der Waals surface area contributed by atoms with Gasteiger partial charge in [0, 0.05) is 32.7 Å². The predicted molar refractivity (Wildman–Crippen MR) is 89.0 cm³/mol. The van der Waals surface area contributed by atoms with E-state index in [-0.39, 0.29) is 6.03 Å². The van der Waals surface area contributed by atoms with Crippen molar-refractivity contribution >= 4 is 6.03 Å². The second-order valence-electron chi connectivity index (χ2n) is 5.99. The third-order valence-electron chi connectivity index (χ3n) is 4.18. The molecule has 0 radical (unpaired) electrons. The van der Waals surface area contributed by atoms with Crippen molar-refractivity contribution in [1.82, 2.24) is 15.1 Å². The van der Waals surface area contributed by atoms with Gasteiger partial charge in [0.1, 0.15) is 5.76 Å². The number of carbonyl (C=O) groups excluding carboxylic acids is 1. The first-order valence-electron chi connectivity index (χ1n) is 8.04. The quantitative estimate of drug-likeness (QED) is 0.944. The van der Waals surface area contributed by atoms with E-state index >= 15 is 0 Å². The summed E-state index contributed by atoms with van der Waals surface area (Å²) in [5.74, 6) is 0.774. The van der Waals surface area contributed by atoms with Crippen molar-refractivity contribution in [2.24, 2.45) is 0 Å². The molecule has 0 saturated carbocycles. The Bertz CT molecular complexity index is 614. The van der Waals surface area contributed by atoms with E-state index in [0.717, 1.165) is 38.5 Å². The van der Waals surface area contributed by atoms with Crippen LogP contribution in [0.25, 0.3) is 0 Å². The monoisotopic (exact) mass is 313 g/mol. The van der Waals surface area contributed by atoms with Crippen molar-refractivity contribution in [3.8, 4) is 0 Å². The van der Waals surface area contributed by atoms with E-state index in [1.165, 1.54) is 11.1 Å². The van der Waals surface area contributed by atoms with Gasteiger partial charge >= 0.3 is 6.03 Å². The zero-order valence-electron chi connectivity index (χ0n) is 13.5. The summed E-state index contributed by atoms with van der Waals surface area (Å²) in [7, 11) is 0. The number of rotatable bonds is 4. The number of nitrogens with zero attached hydrogens (tertiary/aromatic N) is 2. The van der Waals surface area contributed by atoms with E-state index in [1.807, 2.05) is 17.0 Å². The van der Waals surface area contributed by atoms with Gasteiger partial charge in [0.25, 0.3) is 0 Å². The Hall–Kier alpha value is -2.27. The molecule has 5 heteroatoms. The molecule has 1 N–H and O–H groups in total. The highest BCUT2D eigenvalue weighted by Crippen LogP contribution is 2.10. The van der Waals surface area contributed by atoms with Crippen molar-refractivity contribution in [2.75, 3.05) is 26.2 Å². The van der Waals surface area contributed by atoms with Crippen molar-refractivity contribution in [2.45, 2.75) is 20.0 Å². The van der Waals surface area contributed by atoms with Gasteiger partial charge in [0.2, 0.25) is 0 Å². The molecule has 23 heavy (non-hydrogen) atoms. The van der Waals surface area contributed by atoms with Crippen LogP contribution in [0.5, 0.6) is 0 Å². The minimum Gasteiger partial charge on any atom is -0.467 e. The van der Waals surface area contributed by atoms with Crippen LogP contribution in [-0.2, 0) is 13.1 Å². The standard InChI is InChI=1S/C18H23N3O2/c1-15-4-6-16(7-5-15)14-20-8-10-21(11-9-20)18(22)19-13-17-3-2-12-23-17/h2-7,12H,8-11,13-14H2,1H3,(H,19,22). The second-order valence-corrected chi connectivity index (χ2v) is 5.99. The fourth-order valence-electron chi connectivity index (χ4n) is 2.75. The third-order valence-corrected chi connectivity index (χ3v) is 4.18. The Morgan fingerprint density at radius 3 is 2.52 bits per heavy atom. The van der Waals surface area contributed by atoms with Crippen molar-refractivity contribution in [1.29, 1.82) is 0 Å². The van der Waals surface area contributed by atoms with Crippen LogP contribution in [0, 0.1) is 6.92 Å². The van der Waals surface area contributed by atoms with Crippen LogP contribution in [-0.4, -0.2) is 42.0 Å². The van der Waals surface area contributed by atoms with Crippen LogP contribution in [0.3, 0.4) is 0 Å². The number of piperazine rings is 1. The molecule has 2 heterocycles. The number of aryl methyl sites for hydroxylation is 1. The zero-order chi connectivity index (χ0) is 16.1. The van der Waals surface area contributed by atoms with E-state index in [1.54, 1.807) is 6.26 Å². The van der Waals surface area contributed by atoms with E-state index in [9.17, 15) is 4.79 Å². The average molecular weight is 313 g/mol. The lowest BCUT2D eigenvalue weighted by molar-refractivity contribution is 0.134. The maximum atomic E-state index is 12.2. The van der Waals surface area contributed by atoms with Crippen LogP contribution in [0.2, 0.25) is 0 Å². The first kappa shape index (κ1) is 15.6. The van der Waals surface area contributed by atoms with Crippen LogP contribution in [0.4, 0.5) is 4.79 Å². The fourth-order valence-corrected chi connectivity index (χ4v) is 2.75. The number of carbonyl (C=O) groups is 1. The predicted octanol–water partition coefficient (Wildman–Crippen LogP) is 2.62. The Labute approximate surface area is 136 Å². The van der Waals surface area contributed by atoms with Gasteiger partial charge in [-0.2, -0.15) is 0 Å². The maximum Gasteiger partial charge on any atom is 0.317 e. The van der Waals surface area contributed by atoms with Gasteiger partial charge in [-0.25, -0.2) is 4.79 Å². The summed E-state index contributed by atoms with van der Waals surface area (Å²) < 4.78 is 5.22. The Morgan fingerprint density at radius 1 is 1.13 bits per heavy atom. The van der Waals surface area contributed by atoms with Gasteiger partial charge in [-0.15, -0.1) is 0 Å². The number of benzene rings is 1. The molecule has 1 aromatic heterocycles. The molecule has 0 spiro atoms. The summed E-state index contributed by atoms with van der Waals surface area (Å²) in [6.45, 7) is 6.82. The molecule has 1 saturated heterocycles. The SMILES string of the molecule is Cc1ccc(CN2CCN(C(=O)NCc3ccco3)CC2)cc1. The van der Waals surface area contributed by atoms with Crippen molar-refractivity contribution in [3.05, 3.63) is 59.5 Å². The fraction of sp³-hybridized carbons (Fsp3) is 0.389. The molecule has 0 atom stereocenters. The number of urea groups is 1. The van der Waals surface area contributed by atoms with Crippen molar-refractivity contribution in [3.63, 3.8) is 0 Å². The Balaban J connectivity index is 1.42. The molecule has 2 aromatic rings. The van der Waals surface area contributed by atoms with E-state index in [2.05, 4.69) is 41.4 Å². The maximum absolute atomic E-state index is 12.2. The molecule has 122 valence electrons. The van der Waals surface area contributed by atoms with Crippen LogP contribution in [0.15, 0.2) is 47.1 Å². The van der Waals surface area contributed by atoms with E-state index < -0.39 is 0 Å². The largest absolute Gasteiger partial charge is 0.467 e. The molecule has 3 rings (SSSR count). The molecule has 1 aliphatic heterocycles. The molecule has 1 aromatic carbocycles. The summed E-state index contributed by atoms with van der Waals surface area (Å²) in [5.41, 5.74) is 2.61. The zero-order valence-corrected chi connectivity index (χ0v) is 13.5. The molecule has 1 fully saturated rings. The lowest BCUT2D eigenvalue weighted by Gasteiger charge is -2.34. The van der Waals surface area contributed by atoms with E-state index in [0.29, 0.717) is 6.54 Å². The summed E-state index contributed by atoms with van der Waals surface area (Å²) in [5, 5.41) is 2.90. The topological polar surface area (TPSA) is 48.7 Å². The molecule has 0 bridgehead atoms. The molecule has 1 aliphatic rings. The Morgan fingerprint density at radius 2 is 1.87 bits per heavy atom. The minimum absolute atomic E-state index is 0.0172. The molecule has 2 amide bonds. The number of hydrogen-bond donors (Lipinski definition) is 1. The smallest absolute Gasteiger partial charge is 0.317 e. The third kappa shape index (κ3) is 4.36. The second kappa shape index (κ2) is 7.33. The highest BCUT2D eigenvalue weighted by Gasteiger charge is 2.20. The summed E-state index contributed by atoms with van der Waals surface area (Å²) in [6, 6.07) is 12.3. The Kier molecular flexibility index (Phi) is 4.98. The van der Waals surface area contributed by atoms with Gasteiger partial charge in [0.05, 0.1) is 12.8 Å². The first-order valence-corrected chi connectivity index (χ1v) is 8.04. The van der Waals surface area contributed by atoms with Gasteiger partial charge in [-0.05, 0) is 24.6 Å². The minimum atomic E-state index is -0.0172. The van der Waals surface area contributed by atoms with E-state index in [4.69, 9.17) is 4.42 Å². The molecule has 0 unspecified atom stereocenters. The van der Waals surface area contributed by atoms with Gasteiger partial charge in [0.15, 0.2) is 0 Å². The van der Waals surface area contributed by atoms with Crippen LogP contribution >= 0.6 is 0 Å². The van der Waals surface area contributed by atoms with Crippen molar-refractivity contribution < 1.29 is 9.21 Å². The molecule has 5 nitrogen and oxygen atoms in total. The number of nitrogens with one attached hydrogen (secondary N) is 1. The lowest BCUT2D eigenvalue weighted by Crippen LogP contribution is -2.51. The van der Waals surface area contributed by atoms with Gasteiger partial charge < -0.3 is 14.6 Å². The normalized spacial score (nSPS) is 15.6. The summed E-state index contributed by atoms with van der Waals surface area (Å²) in [6.07, 6.45) is 1.62. The number of hydrogen-bond acceptors (Lipinski definition) is 3. The number of furan rings is 1. The van der Waals surface area contributed by atoms with Crippen LogP contribution < -0.4 is 5.32 Å². The highest BCUT2D eigenvalue weighted by atomic mass is 16.3. The lowest BCUT2D eigenvalue weighted by atomic mass is 10.1. The average Bonchev–Trinajstić information content (AvgIpc) is 3.09. The molecular weight excluding hydrogens is 290 g/mol. The number of amides is 2. The first-order chi connectivity index (χ1) is 11.2. The summed E-state index contributed by atoms with van der Waals surface area (Å²) in [4.78, 5) is 16.4. The molecule has 0 aliphatic carbocycles. The summed E-state index contributed by atoms with van der Waals surface area (Å²) >= 11 is 0. The van der Waals surface area contributed by atoms with Crippen LogP contribution in [0.1, 0.15) is 16.9 Å². The van der Waals surface area contributed by atoms with Gasteiger partial charge in [-0.3, -0.25) is 4.90 Å². The molecular formula is C18H23N3O2.